The number of nitriles is 1. The zero-order chi connectivity index (χ0) is 18.2. The fraction of sp³-hybridized carbons (Fsp3) is 0.0952. The number of carbonyl (C=O) groups excluding carboxylic acids is 1. The highest BCUT2D eigenvalue weighted by Crippen LogP contribution is 2.18. The number of carbonyl (C=O) groups is 1. The molecule has 128 valence electrons. The first-order valence-electron chi connectivity index (χ1n) is 8.14. The van der Waals surface area contributed by atoms with Crippen molar-refractivity contribution >= 4 is 22.9 Å². The Kier molecular flexibility index (Phi) is 5.58. The number of fused-ring (bicyclic) bond motifs is 1. The van der Waals surface area contributed by atoms with E-state index < -0.39 is 5.91 Å². The van der Waals surface area contributed by atoms with Crippen LogP contribution in [0.3, 0.4) is 0 Å². The lowest BCUT2D eigenvalue weighted by Gasteiger charge is -2.07. The van der Waals surface area contributed by atoms with E-state index in [1.807, 2.05) is 36.4 Å². The molecule has 1 amide bonds. The molecule has 0 unspecified atom stereocenters. The summed E-state index contributed by atoms with van der Waals surface area (Å²) in [5.74, 6) is 0.322. The van der Waals surface area contributed by atoms with Gasteiger partial charge in [-0.25, -0.2) is 5.43 Å². The van der Waals surface area contributed by atoms with Gasteiger partial charge in [-0.05, 0) is 52.2 Å². The molecular weight excluding hydrogens is 326 g/mol. The van der Waals surface area contributed by atoms with Gasteiger partial charge in [-0.1, -0.05) is 36.4 Å². The fourth-order valence-electron chi connectivity index (χ4n) is 2.44. The molecule has 3 rings (SSSR count). The van der Waals surface area contributed by atoms with Crippen molar-refractivity contribution in [2.75, 3.05) is 0 Å². The van der Waals surface area contributed by atoms with Crippen LogP contribution in [0.4, 0.5) is 0 Å². The second kappa shape index (κ2) is 8.45. The molecule has 0 fully saturated rings. The second-order valence-corrected chi connectivity index (χ2v) is 5.67. The summed E-state index contributed by atoms with van der Waals surface area (Å²) in [7, 11) is 0. The van der Waals surface area contributed by atoms with E-state index in [4.69, 9.17) is 10.00 Å². The Balaban J connectivity index is 1.56. The predicted octanol–water partition coefficient (Wildman–Crippen LogP) is 3.78. The molecule has 0 bridgehead atoms. The maximum Gasteiger partial charge on any atom is 0.254 e. The van der Waals surface area contributed by atoms with Gasteiger partial charge in [0.15, 0.2) is 0 Å². The van der Waals surface area contributed by atoms with E-state index in [0.717, 1.165) is 16.9 Å². The van der Waals surface area contributed by atoms with Crippen molar-refractivity contribution in [1.82, 2.24) is 5.43 Å². The zero-order valence-corrected chi connectivity index (χ0v) is 14.1. The second-order valence-electron chi connectivity index (χ2n) is 5.67. The quantitative estimate of drug-likeness (QED) is 0.547. The van der Waals surface area contributed by atoms with Gasteiger partial charge in [-0.3, -0.25) is 4.79 Å². The van der Waals surface area contributed by atoms with Crippen LogP contribution in [-0.2, 0) is 11.4 Å². The van der Waals surface area contributed by atoms with E-state index in [-0.39, 0.29) is 6.42 Å². The Morgan fingerprint density at radius 1 is 1.08 bits per heavy atom. The summed E-state index contributed by atoms with van der Waals surface area (Å²) in [5.41, 5.74) is 4.21. The molecule has 0 saturated carbocycles. The van der Waals surface area contributed by atoms with Gasteiger partial charge >= 0.3 is 0 Å². The molecule has 1 N–H and O–H groups in total. The van der Waals surface area contributed by atoms with Crippen LogP contribution in [0.25, 0.3) is 10.8 Å². The number of hydrogen-bond acceptors (Lipinski definition) is 4. The molecule has 0 radical (unpaired) electrons. The van der Waals surface area contributed by atoms with Gasteiger partial charge in [-0.2, -0.15) is 10.4 Å². The van der Waals surface area contributed by atoms with Crippen molar-refractivity contribution in [3.8, 4) is 11.8 Å². The van der Waals surface area contributed by atoms with E-state index in [1.165, 1.54) is 17.0 Å². The van der Waals surface area contributed by atoms with Gasteiger partial charge in [0.25, 0.3) is 5.91 Å². The van der Waals surface area contributed by atoms with Crippen LogP contribution in [-0.4, -0.2) is 12.1 Å². The van der Waals surface area contributed by atoms with Crippen LogP contribution in [0.15, 0.2) is 71.8 Å². The number of benzene rings is 3. The third-order valence-corrected chi connectivity index (χ3v) is 3.74. The molecule has 0 aromatic heterocycles. The number of amides is 1. The molecule has 0 saturated heterocycles. The molecule has 0 aliphatic rings. The van der Waals surface area contributed by atoms with Crippen LogP contribution < -0.4 is 10.2 Å². The summed E-state index contributed by atoms with van der Waals surface area (Å²) in [6, 6.07) is 23.6. The summed E-state index contributed by atoms with van der Waals surface area (Å²) in [4.78, 5) is 11.1. The highest BCUT2D eigenvalue weighted by atomic mass is 16.5. The minimum Gasteiger partial charge on any atom is -0.489 e. The molecule has 5 heteroatoms. The van der Waals surface area contributed by atoms with E-state index in [1.54, 1.807) is 6.07 Å². The van der Waals surface area contributed by atoms with Gasteiger partial charge in [-0.15, -0.1) is 0 Å². The van der Waals surface area contributed by atoms with Crippen LogP contribution in [0.1, 0.15) is 17.5 Å². The first-order chi connectivity index (χ1) is 12.7. The third kappa shape index (κ3) is 4.68. The molecule has 0 aliphatic carbocycles. The molecule has 0 atom stereocenters. The summed E-state index contributed by atoms with van der Waals surface area (Å²) in [6.45, 7) is 0.489. The minimum absolute atomic E-state index is 0.209. The van der Waals surface area contributed by atoms with Gasteiger partial charge in [0.2, 0.25) is 0 Å². The molecule has 3 aromatic carbocycles. The SMILES string of the molecule is N#CCC(=O)N/N=C/c1ccc(OCc2ccc3ccccc3c2)cc1. The average molecular weight is 343 g/mol. The van der Waals surface area contributed by atoms with Crippen molar-refractivity contribution in [3.05, 3.63) is 77.9 Å². The van der Waals surface area contributed by atoms with Crippen molar-refractivity contribution < 1.29 is 9.53 Å². The molecule has 5 nitrogen and oxygen atoms in total. The third-order valence-electron chi connectivity index (χ3n) is 3.74. The maximum absolute atomic E-state index is 11.1. The van der Waals surface area contributed by atoms with Crippen molar-refractivity contribution in [1.29, 1.82) is 5.26 Å². The van der Waals surface area contributed by atoms with E-state index in [2.05, 4.69) is 40.9 Å². The highest BCUT2D eigenvalue weighted by molar-refractivity contribution is 5.83. The Morgan fingerprint density at radius 2 is 1.85 bits per heavy atom. The lowest BCUT2D eigenvalue weighted by atomic mass is 10.1. The maximum atomic E-state index is 11.1. The van der Waals surface area contributed by atoms with Crippen LogP contribution in [0.5, 0.6) is 5.75 Å². The van der Waals surface area contributed by atoms with Crippen molar-refractivity contribution in [2.45, 2.75) is 13.0 Å². The normalized spacial score (nSPS) is 10.6. The predicted molar refractivity (Wildman–Crippen MR) is 101 cm³/mol. The number of nitrogens with zero attached hydrogens (tertiary/aromatic N) is 2. The molecule has 26 heavy (non-hydrogen) atoms. The number of rotatable bonds is 6. The van der Waals surface area contributed by atoms with Gasteiger partial charge < -0.3 is 4.74 Å². The van der Waals surface area contributed by atoms with Crippen molar-refractivity contribution in [3.63, 3.8) is 0 Å². The van der Waals surface area contributed by atoms with Crippen LogP contribution in [0.2, 0.25) is 0 Å². The Hall–Kier alpha value is -3.65. The lowest BCUT2D eigenvalue weighted by molar-refractivity contribution is -0.120. The van der Waals surface area contributed by atoms with Crippen LogP contribution >= 0.6 is 0 Å². The summed E-state index contributed by atoms with van der Waals surface area (Å²) in [6.07, 6.45) is 1.31. The number of hydrazone groups is 1. The molecule has 3 aromatic rings. The monoisotopic (exact) mass is 343 g/mol. The molecule has 0 aliphatic heterocycles. The topological polar surface area (TPSA) is 74.5 Å². The van der Waals surface area contributed by atoms with Gasteiger partial charge in [0.05, 0.1) is 12.3 Å². The fourth-order valence-corrected chi connectivity index (χ4v) is 2.44. The first kappa shape index (κ1) is 17.2. The molecule has 0 spiro atoms. The summed E-state index contributed by atoms with van der Waals surface area (Å²) < 4.78 is 5.82. The largest absolute Gasteiger partial charge is 0.489 e. The van der Waals surface area contributed by atoms with Crippen molar-refractivity contribution in [2.24, 2.45) is 5.10 Å². The first-order valence-corrected chi connectivity index (χ1v) is 8.14. The highest BCUT2D eigenvalue weighted by Gasteiger charge is 1.99. The number of ether oxygens (including phenoxy) is 1. The molecule has 0 heterocycles. The number of hydrogen-bond donors (Lipinski definition) is 1. The Bertz CT molecular complexity index is 972. The van der Waals surface area contributed by atoms with E-state index in [0.29, 0.717) is 6.61 Å². The average Bonchev–Trinajstić information content (AvgIpc) is 2.67. The summed E-state index contributed by atoms with van der Waals surface area (Å²) >= 11 is 0. The Labute approximate surface area is 151 Å². The van der Waals surface area contributed by atoms with E-state index >= 15 is 0 Å². The Morgan fingerprint density at radius 3 is 2.62 bits per heavy atom. The van der Waals surface area contributed by atoms with Gasteiger partial charge in [0.1, 0.15) is 18.8 Å². The minimum atomic E-state index is -0.431. The standard InChI is InChI=1S/C21H17N3O2/c22-12-11-21(25)24-23-14-16-6-9-20(10-7-16)26-15-17-5-8-18-3-1-2-4-19(18)13-17/h1-10,13-14H,11,15H2,(H,24,25)/b23-14+. The smallest absolute Gasteiger partial charge is 0.254 e. The summed E-state index contributed by atoms with van der Waals surface area (Å²) in [5, 5.41) is 14.6. The lowest BCUT2D eigenvalue weighted by Crippen LogP contribution is -2.16. The van der Waals surface area contributed by atoms with Crippen LogP contribution in [0, 0.1) is 11.3 Å². The zero-order valence-electron chi connectivity index (χ0n) is 14.1. The van der Waals surface area contributed by atoms with Gasteiger partial charge in [0, 0.05) is 0 Å². The molecular formula is C21H17N3O2. The van der Waals surface area contributed by atoms with E-state index in [9.17, 15) is 4.79 Å². The number of nitrogens with one attached hydrogen (secondary N) is 1.